The number of carbonyl (C=O) groups excluding carboxylic acids is 1. The topological polar surface area (TPSA) is 56.1 Å². The number of nitriles is 1. The summed E-state index contributed by atoms with van der Waals surface area (Å²) < 4.78 is 0. The molecule has 1 N–H and O–H groups in total. The van der Waals surface area contributed by atoms with Crippen LogP contribution in [0, 0.1) is 16.7 Å². The molecule has 0 aliphatic carbocycles. The van der Waals surface area contributed by atoms with E-state index >= 15 is 0 Å². The molecule has 2 fully saturated rings. The van der Waals surface area contributed by atoms with Crippen LogP contribution in [0.2, 0.25) is 0 Å². The van der Waals surface area contributed by atoms with Crippen molar-refractivity contribution >= 4 is 5.91 Å². The second-order valence-electron chi connectivity index (χ2n) is 6.66. The number of piperidine rings is 1. The van der Waals surface area contributed by atoms with Gasteiger partial charge in [0.1, 0.15) is 5.41 Å². The van der Waals surface area contributed by atoms with Gasteiger partial charge in [0.2, 0.25) is 5.91 Å². The zero-order valence-electron chi connectivity index (χ0n) is 13.5. The van der Waals surface area contributed by atoms with Gasteiger partial charge in [-0.3, -0.25) is 9.69 Å². The van der Waals surface area contributed by atoms with Crippen molar-refractivity contribution in [2.45, 2.75) is 77.3 Å². The minimum Gasteiger partial charge on any atom is -0.350 e. The predicted octanol–water partition coefficient (Wildman–Crippen LogP) is 2.84. The zero-order chi connectivity index (χ0) is 15.3. The van der Waals surface area contributed by atoms with Crippen LogP contribution in [-0.4, -0.2) is 36.0 Å². The summed E-state index contributed by atoms with van der Waals surface area (Å²) >= 11 is 0. The number of hydrogen-bond donors (Lipinski definition) is 1. The second kappa shape index (κ2) is 7.26. The molecule has 2 unspecified atom stereocenters. The Morgan fingerprint density at radius 1 is 1.24 bits per heavy atom. The van der Waals surface area contributed by atoms with Gasteiger partial charge in [-0.2, -0.15) is 5.26 Å². The first-order valence-corrected chi connectivity index (χ1v) is 8.63. The van der Waals surface area contributed by atoms with Crippen LogP contribution in [-0.2, 0) is 4.79 Å². The number of hydrogen-bond acceptors (Lipinski definition) is 3. The van der Waals surface area contributed by atoms with Gasteiger partial charge < -0.3 is 5.32 Å². The Hall–Kier alpha value is -1.08. The summed E-state index contributed by atoms with van der Waals surface area (Å²) in [5, 5.41) is 12.8. The molecule has 0 aromatic carbocycles. The fraction of sp³-hybridized carbons (Fsp3) is 0.882. The van der Waals surface area contributed by atoms with E-state index in [-0.39, 0.29) is 11.9 Å². The highest BCUT2D eigenvalue weighted by Gasteiger charge is 2.42. The third-order valence-corrected chi connectivity index (χ3v) is 5.17. The van der Waals surface area contributed by atoms with E-state index in [2.05, 4.69) is 16.3 Å². The fourth-order valence-corrected chi connectivity index (χ4v) is 4.09. The van der Waals surface area contributed by atoms with Crippen molar-refractivity contribution < 1.29 is 4.79 Å². The Morgan fingerprint density at radius 3 is 2.57 bits per heavy atom. The van der Waals surface area contributed by atoms with Crippen LogP contribution in [0.25, 0.3) is 0 Å². The molecular weight excluding hydrogens is 262 g/mol. The Bertz CT molecular complexity index is 395. The van der Waals surface area contributed by atoms with E-state index in [1.165, 1.54) is 25.8 Å². The van der Waals surface area contributed by atoms with E-state index in [0.29, 0.717) is 18.9 Å². The maximum atomic E-state index is 12.8. The Kier molecular flexibility index (Phi) is 5.64. The van der Waals surface area contributed by atoms with Crippen LogP contribution in [0.15, 0.2) is 0 Å². The lowest BCUT2D eigenvalue weighted by atomic mass is 9.79. The molecule has 0 radical (unpaired) electrons. The number of nitrogens with one attached hydrogen (secondary N) is 1. The monoisotopic (exact) mass is 291 g/mol. The van der Waals surface area contributed by atoms with Crippen molar-refractivity contribution in [1.82, 2.24) is 10.2 Å². The molecule has 0 saturated carbocycles. The third-order valence-electron chi connectivity index (χ3n) is 5.17. The van der Waals surface area contributed by atoms with Gasteiger partial charge in [-0.25, -0.2) is 0 Å². The van der Waals surface area contributed by atoms with E-state index in [1.54, 1.807) is 0 Å². The molecule has 1 amide bonds. The molecule has 2 aliphatic rings. The molecule has 2 heterocycles. The molecule has 2 rings (SSSR count). The largest absolute Gasteiger partial charge is 0.350 e. The van der Waals surface area contributed by atoms with Crippen LogP contribution in [0.5, 0.6) is 0 Å². The first-order valence-electron chi connectivity index (χ1n) is 8.63. The lowest BCUT2D eigenvalue weighted by molar-refractivity contribution is -0.129. The molecule has 2 atom stereocenters. The van der Waals surface area contributed by atoms with E-state index < -0.39 is 5.41 Å². The highest BCUT2D eigenvalue weighted by atomic mass is 16.2. The van der Waals surface area contributed by atoms with Crippen LogP contribution in [0.3, 0.4) is 0 Å². The maximum Gasteiger partial charge on any atom is 0.240 e. The highest BCUT2D eigenvalue weighted by Crippen LogP contribution is 2.32. The molecule has 118 valence electrons. The molecule has 4 nitrogen and oxygen atoms in total. The van der Waals surface area contributed by atoms with Gasteiger partial charge in [0.25, 0.3) is 0 Å². The summed E-state index contributed by atoms with van der Waals surface area (Å²) in [6, 6.07) is 3.09. The number of nitrogens with zero attached hydrogens (tertiary/aromatic N) is 2. The van der Waals surface area contributed by atoms with Crippen molar-refractivity contribution in [3.05, 3.63) is 0 Å². The smallest absolute Gasteiger partial charge is 0.240 e. The molecule has 0 aromatic rings. The molecular formula is C17H29N3O. The standard InChI is InChI=1S/C17H29N3O/c1-3-9-17(13-18,10-4-2)16(21)19-14-8-12-20-11-6-5-7-15(14)20/h14-15H,3-12H2,1-2H3,(H,19,21). The number of fused-ring (bicyclic) bond motifs is 1. The molecule has 21 heavy (non-hydrogen) atoms. The van der Waals surface area contributed by atoms with Crippen molar-refractivity contribution in [2.75, 3.05) is 13.1 Å². The van der Waals surface area contributed by atoms with Gasteiger partial charge >= 0.3 is 0 Å². The van der Waals surface area contributed by atoms with Crippen LogP contribution < -0.4 is 5.32 Å². The minimum atomic E-state index is -0.814. The van der Waals surface area contributed by atoms with Crippen LogP contribution in [0.4, 0.5) is 0 Å². The van der Waals surface area contributed by atoms with Crippen LogP contribution in [0.1, 0.15) is 65.2 Å². The van der Waals surface area contributed by atoms with Crippen molar-refractivity contribution in [3.8, 4) is 6.07 Å². The summed E-state index contributed by atoms with van der Waals surface area (Å²) in [4.78, 5) is 15.3. The third kappa shape index (κ3) is 3.40. The molecule has 0 bridgehead atoms. The molecule has 2 saturated heterocycles. The highest BCUT2D eigenvalue weighted by molar-refractivity contribution is 5.85. The lowest BCUT2D eigenvalue weighted by Crippen LogP contribution is -2.51. The van der Waals surface area contributed by atoms with Gasteiger partial charge in [0.15, 0.2) is 0 Å². The molecule has 0 aromatic heterocycles. The quantitative estimate of drug-likeness (QED) is 0.818. The number of amides is 1. The van der Waals surface area contributed by atoms with Crippen molar-refractivity contribution in [1.29, 1.82) is 5.26 Å². The van der Waals surface area contributed by atoms with E-state index in [9.17, 15) is 10.1 Å². The van der Waals surface area contributed by atoms with E-state index in [1.807, 2.05) is 13.8 Å². The van der Waals surface area contributed by atoms with Gasteiger partial charge in [-0.05, 0) is 38.6 Å². The zero-order valence-corrected chi connectivity index (χ0v) is 13.5. The average Bonchev–Trinajstić information content (AvgIpc) is 2.90. The Labute approximate surface area is 128 Å². The van der Waals surface area contributed by atoms with E-state index in [4.69, 9.17) is 0 Å². The predicted molar refractivity (Wildman–Crippen MR) is 83.6 cm³/mol. The molecule has 0 spiro atoms. The van der Waals surface area contributed by atoms with E-state index in [0.717, 1.165) is 25.8 Å². The Balaban J connectivity index is 2.03. The number of rotatable bonds is 6. The summed E-state index contributed by atoms with van der Waals surface area (Å²) in [7, 11) is 0. The van der Waals surface area contributed by atoms with Gasteiger partial charge in [-0.1, -0.05) is 33.1 Å². The first kappa shape index (κ1) is 16.3. The fourth-order valence-electron chi connectivity index (χ4n) is 4.09. The molecule has 2 aliphatic heterocycles. The summed E-state index contributed by atoms with van der Waals surface area (Å²) in [6.45, 7) is 6.36. The first-order chi connectivity index (χ1) is 10.2. The average molecular weight is 291 g/mol. The van der Waals surface area contributed by atoms with Crippen LogP contribution >= 0.6 is 0 Å². The summed E-state index contributed by atoms with van der Waals surface area (Å²) in [5.41, 5.74) is -0.814. The maximum absolute atomic E-state index is 12.8. The normalized spacial score (nSPS) is 26.1. The second-order valence-corrected chi connectivity index (χ2v) is 6.66. The minimum absolute atomic E-state index is 0.0221. The molecule has 4 heteroatoms. The van der Waals surface area contributed by atoms with Crippen molar-refractivity contribution in [3.63, 3.8) is 0 Å². The van der Waals surface area contributed by atoms with Gasteiger partial charge in [-0.15, -0.1) is 0 Å². The van der Waals surface area contributed by atoms with Gasteiger partial charge in [0.05, 0.1) is 6.07 Å². The van der Waals surface area contributed by atoms with Crippen molar-refractivity contribution in [2.24, 2.45) is 5.41 Å². The summed E-state index contributed by atoms with van der Waals surface area (Å²) in [5.74, 6) is -0.0221. The SMILES string of the molecule is CCCC(C#N)(CCC)C(=O)NC1CCN2CCCCC12. The Morgan fingerprint density at radius 2 is 1.95 bits per heavy atom. The summed E-state index contributed by atoms with van der Waals surface area (Å²) in [6.07, 6.45) is 7.87. The number of carbonyl (C=O) groups is 1. The lowest BCUT2D eigenvalue weighted by Gasteiger charge is -2.34. The van der Waals surface area contributed by atoms with Gasteiger partial charge in [0, 0.05) is 18.6 Å².